The third-order valence-electron chi connectivity index (χ3n) is 5.19. The SMILES string of the molecule is CO[C@@H]1C[C@H](O)C12CCN(C(=O)CCc1cc(Cl)no1)CC2. The zero-order chi connectivity index (χ0) is 15.7. The molecular weight excluding hydrogens is 308 g/mol. The van der Waals surface area contributed by atoms with Gasteiger partial charge in [-0.25, -0.2) is 0 Å². The number of carbonyl (C=O) groups is 1. The molecule has 1 spiro atoms. The van der Waals surface area contributed by atoms with Crippen LogP contribution >= 0.6 is 11.6 Å². The predicted octanol–water partition coefficient (Wildman–Crippen LogP) is 1.65. The summed E-state index contributed by atoms with van der Waals surface area (Å²) in [7, 11) is 1.69. The fraction of sp³-hybridized carbons (Fsp3) is 0.733. The van der Waals surface area contributed by atoms with Gasteiger partial charge in [-0.1, -0.05) is 16.8 Å². The second-order valence-corrected chi connectivity index (χ2v) is 6.59. The molecule has 1 aromatic rings. The van der Waals surface area contributed by atoms with E-state index in [2.05, 4.69) is 5.16 Å². The third-order valence-corrected chi connectivity index (χ3v) is 5.37. The Balaban J connectivity index is 1.49. The fourth-order valence-electron chi connectivity index (χ4n) is 3.68. The average molecular weight is 329 g/mol. The van der Waals surface area contributed by atoms with Crippen LogP contribution in [0, 0.1) is 5.41 Å². The van der Waals surface area contributed by atoms with E-state index < -0.39 is 0 Å². The van der Waals surface area contributed by atoms with Crippen molar-refractivity contribution in [3.63, 3.8) is 0 Å². The van der Waals surface area contributed by atoms with Crippen molar-refractivity contribution in [2.45, 2.75) is 44.3 Å². The molecule has 7 heteroatoms. The molecule has 3 rings (SSSR count). The molecule has 1 aromatic heterocycles. The topological polar surface area (TPSA) is 75.8 Å². The Morgan fingerprint density at radius 2 is 2.32 bits per heavy atom. The first-order chi connectivity index (χ1) is 10.5. The molecule has 1 saturated carbocycles. The first-order valence-corrected chi connectivity index (χ1v) is 8.02. The molecule has 1 aliphatic carbocycles. The minimum Gasteiger partial charge on any atom is -0.392 e. The Hall–Kier alpha value is -1.11. The Morgan fingerprint density at radius 1 is 1.59 bits per heavy atom. The molecule has 2 heterocycles. The number of ether oxygens (including phenoxy) is 1. The number of carbonyl (C=O) groups excluding carboxylic acids is 1. The zero-order valence-electron chi connectivity index (χ0n) is 12.6. The monoisotopic (exact) mass is 328 g/mol. The van der Waals surface area contributed by atoms with Crippen molar-refractivity contribution in [3.05, 3.63) is 17.0 Å². The largest absolute Gasteiger partial charge is 0.392 e. The summed E-state index contributed by atoms with van der Waals surface area (Å²) in [6, 6.07) is 1.63. The molecule has 0 aromatic carbocycles. The number of aromatic nitrogens is 1. The fourth-order valence-corrected chi connectivity index (χ4v) is 3.83. The van der Waals surface area contributed by atoms with Gasteiger partial charge < -0.3 is 19.3 Å². The Kier molecular flexibility index (Phi) is 4.43. The van der Waals surface area contributed by atoms with Gasteiger partial charge in [0.05, 0.1) is 12.2 Å². The number of hydrogen-bond acceptors (Lipinski definition) is 5. The molecule has 0 unspecified atom stereocenters. The number of aliphatic hydroxyl groups is 1. The molecule has 1 saturated heterocycles. The highest BCUT2D eigenvalue weighted by atomic mass is 35.5. The lowest BCUT2D eigenvalue weighted by Gasteiger charge is -2.56. The van der Waals surface area contributed by atoms with E-state index in [0.29, 0.717) is 43.3 Å². The van der Waals surface area contributed by atoms with E-state index in [4.69, 9.17) is 20.9 Å². The van der Waals surface area contributed by atoms with Crippen molar-refractivity contribution in [2.24, 2.45) is 5.41 Å². The molecule has 1 amide bonds. The van der Waals surface area contributed by atoms with Gasteiger partial charge in [-0.3, -0.25) is 4.79 Å². The van der Waals surface area contributed by atoms with Gasteiger partial charge in [0.15, 0.2) is 5.15 Å². The first kappa shape index (κ1) is 15.8. The predicted molar refractivity (Wildman–Crippen MR) is 79.5 cm³/mol. The van der Waals surface area contributed by atoms with Crippen LogP contribution in [-0.4, -0.2) is 53.5 Å². The van der Waals surface area contributed by atoms with Crippen LogP contribution in [0.3, 0.4) is 0 Å². The standard InChI is InChI=1S/C15H21ClN2O4/c1-21-12-9-11(19)15(12)4-6-18(7-5-15)14(20)3-2-10-8-13(16)17-22-10/h8,11-12,19H,2-7,9H2,1H3/t11-,12+/m0/s1. The number of methoxy groups -OCH3 is 1. The number of amides is 1. The molecule has 1 aliphatic heterocycles. The maximum atomic E-state index is 12.3. The molecule has 0 radical (unpaired) electrons. The summed E-state index contributed by atoms with van der Waals surface area (Å²) < 4.78 is 10.5. The lowest BCUT2D eigenvalue weighted by atomic mass is 9.58. The van der Waals surface area contributed by atoms with E-state index in [9.17, 15) is 9.90 Å². The van der Waals surface area contributed by atoms with E-state index in [-0.39, 0.29) is 23.5 Å². The van der Waals surface area contributed by atoms with Crippen LogP contribution in [0.5, 0.6) is 0 Å². The number of nitrogens with zero attached hydrogens (tertiary/aromatic N) is 2. The molecule has 2 atom stereocenters. The molecule has 1 N–H and O–H groups in total. The number of piperidine rings is 1. The van der Waals surface area contributed by atoms with E-state index in [1.165, 1.54) is 0 Å². The number of aryl methyl sites for hydroxylation is 1. The number of rotatable bonds is 4. The van der Waals surface area contributed by atoms with E-state index in [0.717, 1.165) is 12.8 Å². The summed E-state index contributed by atoms with van der Waals surface area (Å²) in [4.78, 5) is 14.1. The first-order valence-electron chi connectivity index (χ1n) is 7.65. The highest BCUT2D eigenvalue weighted by Crippen LogP contribution is 2.50. The maximum Gasteiger partial charge on any atom is 0.223 e. The number of likely N-dealkylation sites (tertiary alicyclic amines) is 1. The van der Waals surface area contributed by atoms with Crippen LogP contribution in [-0.2, 0) is 16.0 Å². The number of halogens is 1. The van der Waals surface area contributed by atoms with Gasteiger partial charge >= 0.3 is 0 Å². The summed E-state index contributed by atoms with van der Waals surface area (Å²) in [5.74, 6) is 0.728. The van der Waals surface area contributed by atoms with Crippen LogP contribution in [0.4, 0.5) is 0 Å². The highest BCUT2D eigenvalue weighted by Gasteiger charge is 2.56. The van der Waals surface area contributed by atoms with Gasteiger partial charge in [-0.15, -0.1) is 0 Å². The lowest BCUT2D eigenvalue weighted by molar-refractivity contribution is -0.202. The van der Waals surface area contributed by atoms with Crippen LogP contribution in [0.25, 0.3) is 0 Å². The minimum absolute atomic E-state index is 0.102. The average Bonchev–Trinajstić information content (AvgIpc) is 2.95. The highest BCUT2D eigenvalue weighted by molar-refractivity contribution is 6.29. The van der Waals surface area contributed by atoms with Gasteiger partial charge in [-0.2, -0.15) is 0 Å². The molecule has 22 heavy (non-hydrogen) atoms. The van der Waals surface area contributed by atoms with Gasteiger partial charge in [0, 0.05) is 50.9 Å². The summed E-state index contributed by atoms with van der Waals surface area (Å²) >= 11 is 5.68. The minimum atomic E-state index is -0.300. The maximum absolute atomic E-state index is 12.3. The van der Waals surface area contributed by atoms with E-state index >= 15 is 0 Å². The van der Waals surface area contributed by atoms with Crippen LogP contribution in [0.15, 0.2) is 10.6 Å². The van der Waals surface area contributed by atoms with E-state index in [1.807, 2.05) is 4.90 Å². The Bertz CT molecular complexity index is 539. The van der Waals surface area contributed by atoms with Crippen LogP contribution in [0.2, 0.25) is 5.15 Å². The van der Waals surface area contributed by atoms with Gasteiger partial charge in [0.1, 0.15) is 5.76 Å². The summed E-state index contributed by atoms with van der Waals surface area (Å²) in [6.45, 7) is 1.35. The molecule has 2 aliphatic rings. The lowest BCUT2D eigenvalue weighted by Crippen LogP contribution is -2.62. The van der Waals surface area contributed by atoms with Gasteiger partial charge in [0.25, 0.3) is 0 Å². The summed E-state index contributed by atoms with van der Waals surface area (Å²) in [5, 5.41) is 14.0. The summed E-state index contributed by atoms with van der Waals surface area (Å²) in [6.07, 6.45) is 3.01. The molecule has 6 nitrogen and oxygen atoms in total. The molecule has 0 bridgehead atoms. The van der Waals surface area contributed by atoms with Crippen LogP contribution < -0.4 is 0 Å². The zero-order valence-corrected chi connectivity index (χ0v) is 13.4. The third kappa shape index (κ3) is 2.75. The summed E-state index contributed by atoms with van der Waals surface area (Å²) in [5.41, 5.74) is -0.149. The Labute approximate surface area is 134 Å². The quantitative estimate of drug-likeness (QED) is 0.909. The van der Waals surface area contributed by atoms with Crippen molar-refractivity contribution in [2.75, 3.05) is 20.2 Å². The second-order valence-electron chi connectivity index (χ2n) is 6.21. The van der Waals surface area contributed by atoms with Crippen molar-refractivity contribution in [3.8, 4) is 0 Å². The van der Waals surface area contributed by atoms with Crippen molar-refractivity contribution in [1.29, 1.82) is 0 Å². The van der Waals surface area contributed by atoms with Crippen LogP contribution in [0.1, 0.15) is 31.4 Å². The number of hydrogen-bond donors (Lipinski definition) is 1. The molecular formula is C15H21ClN2O4. The van der Waals surface area contributed by atoms with Gasteiger partial charge in [-0.05, 0) is 12.8 Å². The van der Waals surface area contributed by atoms with Crippen molar-refractivity contribution >= 4 is 17.5 Å². The van der Waals surface area contributed by atoms with E-state index in [1.54, 1.807) is 13.2 Å². The number of aliphatic hydroxyl groups excluding tert-OH is 1. The smallest absolute Gasteiger partial charge is 0.223 e. The van der Waals surface area contributed by atoms with Crippen molar-refractivity contribution < 1.29 is 19.2 Å². The Morgan fingerprint density at radius 3 is 2.86 bits per heavy atom. The van der Waals surface area contributed by atoms with Crippen molar-refractivity contribution in [1.82, 2.24) is 10.1 Å². The molecule has 2 fully saturated rings. The molecule has 122 valence electrons. The normalized spacial score (nSPS) is 27.0. The second kappa shape index (κ2) is 6.18. The van der Waals surface area contributed by atoms with Gasteiger partial charge in [0.2, 0.25) is 5.91 Å².